The minimum Gasteiger partial charge on any atom is -0.495 e. The largest absolute Gasteiger partial charge is 0.495 e. The fourth-order valence-electron chi connectivity index (χ4n) is 2.91. The summed E-state index contributed by atoms with van der Waals surface area (Å²) in [4.78, 5) is 8.13. The summed E-state index contributed by atoms with van der Waals surface area (Å²) in [6.07, 6.45) is 2.49. The quantitative estimate of drug-likeness (QED) is 0.421. The van der Waals surface area contributed by atoms with Gasteiger partial charge in [0.25, 0.3) is 0 Å². The Balaban J connectivity index is 1.42. The number of nitrogens with zero attached hydrogens (tertiary/aromatic N) is 2. The van der Waals surface area contributed by atoms with Crippen molar-refractivity contribution in [2.24, 2.45) is 0 Å². The van der Waals surface area contributed by atoms with Crippen molar-refractivity contribution in [2.75, 3.05) is 17.7 Å². The molecule has 4 rings (SSSR count). The molecule has 168 valence electrons. The van der Waals surface area contributed by atoms with Crippen molar-refractivity contribution < 1.29 is 17.5 Å². The highest BCUT2D eigenvalue weighted by Gasteiger charge is 2.35. The minimum atomic E-state index is -3.24. The third-order valence-corrected chi connectivity index (χ3v) is 7.00. The molecule has 0 saturated heterocycles. The van der Waals surface area contributed by atoms with Gasteiger partial charge in [-0.15, -0.1) is 0 Å². The molecule has 3 aromatic rings. The van der Waals surface area contributed by atoms with Crippen molar-refractivity contribution in [3.8, 4) is 5.75 Å². The van der Waals surface area contributed by atoms with Crippen LogP contribution in [-0.4, -0.2) is 30.7 Å². The first-order valence-corrected chi connectivity index (χ1v) is 11.7. The van der Waals surface area contributed by atoms with Crippen LogP contribution in [0.2, 0.25) is 5.02 Å². The fourth-order valence-corrected chi connectivity index (χ4v) is 4.53. The van der Waals surface area contributed by atoms with Crippen molar-refractivity contribution in [1.29, 1.82) is 0 Å². The molecule has 1 saturated carbocycles. The van der Waals surface area contributed by atoms with Crippen LogP contribution in [0.5, 0.6) is 5.75 Å². The monoisotopic (exact) mass is 477 g/mol. The van der Waals surface area contributed by atoms with Crippen molar-refractivity contribution >= 4 is 44.8 Å². The van der Waals surface area contributed by atoms with Crippen LogP contribution in [0.15, 0.2) is 48.7 Å². The lowest BCUT2D eigenvalue weighted by molar-refractivity contribution is 0.415. The van der Waals surface area contributed by atoms with Gasteiger partial charge in [0.15, 0.2) is 11.6 Å². The van der Waals surface area contributed by atoms with Gasteiger partial charge in [0.2, 0.25) is 16.0 Å². The number of benzene rings is 2. The van der Waals surface area contributed by atoms with Crippen molar-refractivity contribution in [3.63, 3.8) is 0 Å². The lowest BCUT2D eigenvalue weighted by atomic mass is 10.2. The number of methoxy groups -OCH3 is 1. The fraction of sp³-hybridized carbons (Fsp3) is 0.238. The molecule has 1 aliphatic rings. The Morgan fingerprint density at radius 1 is 1.12 bits per heavy atom. The number of aromatic nitrogens is 2. The van der Waals surface area contributed by atoms with E-state index in [4.69, 9.17) is 16.3 Å². The lowest BCUT2D eigenvalue weighted by Gasteiger charge is -2.11. The molecule has 0 spiro atoms. The Bertz CT molecular complexity index is 1220. The molecule has 1 fully saturated rings. The highest BCUT2D eigenvalue weighted by Crippen LogP contribution is 2.29. The maximum absolute atomic E-state index is 14.2. The maximum atomic E-state index is 14.2. The maximum Gasteiger partial charge on any atom is 0.229 e. The lowest BCUT2D eigenvalue weighted by Crippen LogP contribution is -2.26. The summed E-state index contributed by atoms with van der Waals surface area (Å²) in [5.41, 5.74) is 2.00. The Morgan fingerprint density at radius 2 is 1.84 bits per heavy atom. The Kier molecular flexibility index (Phi) is 6.45. The molecule has 11 heteroatoms. The van der Waals surface area contributed by atoms with Gasteiger partial charge in [-0.1, -0.05) is 23.7 Å². The summed E-state index contributed by atoms with van der Waals surface area (Å²) < 4.78 is 45.8. The number of hydrogen-bond donors (Lipinski definition) is 3. The summed E-state index contributed by atoms with van der Waals surface area (Å²) in [5.74, 6) is 0.0819. The Morgan fingerprint density at radius 3 is 2.50 bits per heavy atom. The summed E-state index contributed by atoms with van der Waals surface area (Å²) in [6.45, 7) is 0.208. The predicted molar refractivity (Wildman–Crippen MR) is 122 cm³/mol. The highest BCUT2D eigenvalue weighted by atomic mass is 35.5. The summed E-state index contributed by atoms with van der Waals surface area (Å²) in [7, 11) is -1.72. The molecule has 1 aromatic heterocycles. The van der Waals surface area contributed by atoms with Crippen LogP contribution < -0.4 is 20.1 Å². The molecule has 3 N–H and O–H groups in total. The zero-order chi connectivity index (χ0) is 22.7. The van der Waals surface area contributed by atoms with Gasteiger partial charge in [0.1, 0.15) is 5.75 Å². The third kappa shape index (κ3) is 5.45. The molecule has 0 bridgehead atoms. The van der Waals surface area contributed by atoms with E-state index in [1.54, 1.807) is 42.5 Å². The molecule has 0 unspecified atom stereocenters. The van der Waals surface area contributed by atoms with Crippen LogP contribution in [-0.2, 0) is 16.6 Å². The number of ether oxygens (including phenoxy) is 1. The molecule has 8 nitrogen and oxygen atoms in total. The van der Waals surface area contributed by atoms with Crippen LogP contribution >= 0.6 is 11.6 Å². The van der Waals surface area contributed by atoms with Gasteiger partial charge in [-0.2, -0.15) is 4.98 Å². The van der Waals surface area contributed by atoms with E-state index in [9.17, 15) is 12.8 Å². The smallest absolute Gasteiger partial charge is 0.229 e. The molecule has 1 aliphatic carbocycles. The van der Waals surface area contributed by atoms with Crippen LogP contribution in [0, 0.1) is 5.82 Å². The number of hydrogen-bond acceptors (Lipinski definition) is 7. The zero-order valence-electron chi connectivity index (χ0n) is 17.1. The van der Waals surface area contributed by atoms with Gasteiger partial charge >= 0.3 is 0 Å². The second-order valence-corrected chi connectivity index (χ2v) is 9.70. The number of rotatable bonds is 9. The number of nitrogens with one attached hydrogen (secondary N) is 3. The van der Waals surface area contributed by atoms with E-state index in [0.29, 0.717) is 35.0 Å². The molecular weight excluding hydrogens is 457 g/mol. The van der Waals surface area contributed by atoms with Gasteiger partial charge in [0.05, 0.1) is 23.6 Å². The molecule has 0 aliphatic heterocycles. The summed E-state index contributed by atoms with van der Waals surface area (Å²) in [6, 6.07) is 12.0. The molecule has 32 heavy (non-hydrogen) atoms. The molecule has 0 atom stereocenters. The first kappa shape index (κ1) is 22.3. The van der Waals surface area contributed by atoms with E-state index in [0.717, 1.165) is 11.8 Å². The highest BCUT2D eigenvalue weighted by molar-refractivity contribution is 7.90. The van der Waals surface area contributed by atoms with E-state index >= 15 is 0 Å². The zero-order valence-corrected chi connectivity index (χ0v) is 18.7. The van der Waals surface area contributed by atoms with Gasteiger partial charge in [-0.05, 0) is 48.7 Å². The molecule has 0 amide bonds. The molecule has 0 radical (unpaired) electrons. The molecule has 1 heterocycles. The molecular formula is C21H21ClFN5O3S. The Labute approximate surface area is 190 Å². The second kappa shape index (κ2) is 9.27. The minimum absolute atomic E-state index is 0.00991. The number of halogens is 2. The third-order valence-electron chi connectivity index (χ3n) is 4.81. The van der Waals surface area contributed by atoms with E-state index in [2.05, 4.69) is 25.3 Å². The molecule has 2 aromatic carbocycles. The van der Waals surface area contributed by atoms with Crippen LogP contribution in [0.3, 0.4) is 0 Å². The normalized spacial score (nSPS) is 13.6. The number of anilines is 4. The summed E-state index contributed by atoms with van der Waals surface area (Å²) >= 11 is 6.12. The van der Waals surface area contributed by atoms with E-state index < -0.39 is 15.8 Å². The van der Waals surface area contributed by atoms with Gasteiger partial charge in [-0.3, -0.25) is 0 Å². The van der Waals surface area contributed by atoms with E-state index in [1.165, 1.54) is 7.11 Å². The average molecular weight is 478 g/mol. The Hall–Kier alpha value is -2.95. The SMILES string of the molecule is COc1ccc(Nc2ncc(F)c(Nc3ccc(CNS(=O)(=O)C4CC4)cc3)n2)cc1Cl. The van der Waals surface area contributed by atoms with Crippen molar-refractivity contribution in [3.05, 3.63) is 65.1 Å². The first-order chi connectivity index (χ1) is 15.3. The average Bonchev–Trinajstić information content (AvgIpc) is 3.62. The van der Waals surface area contributed by atoms with Gasteiger partial charge in [-0.25, -0.2) is 22.5 Å². The number of sulfonamides is 1. The van der Waals surface area contributed by atoms with Gasteiger partial charge in [0, 0.05) is 17.9 Å². The first-order valence-electron chi connectivity index (χ1n) is 9.81. The predicted octanol–water partition coefficient (Wildman–Crippen LogP) is 4.35. The van der Waals surface area contributed by atoms with Gasteiger partial charge < -0.3 is 15.4 Å². The van der Waals surface area contributed by atoms with Crippen LogP contribution in [0.4, 0.5) is 27.5 Å². The van der Waals surface area contributed by atoms with E-state index in [1.807, 2.05) is 0 Å². The van der Waals surface area contributed by atoms with Crippen LogP contribution in [0.1, 0.15) is 18.4 Å². The topological polar surface area (TPSA) is 105 Å². The van der Waals surface area contributed by atoms with Crippen LogP contribution in [0.25, 0.3) is 0 Å². The van der Waals surface area contributed by atoms with E-state index in [-0.39, 0.29) is 23.6 Å². The standard InChI is InChI=1S/C21H21ClFN5O3S/c1-31-19-9-6-15(10-17(19)22)27-21-24-12-18(23)20(28-21)26-14-4-2-13(3-5-14)11-25-32(29,30)16-7-8-16/h2-6,9-10,12,16,25H,7-8,11H2,1H3,(H2,24,26,27,28). The van der Waals surface area contributed by atoms with Crippen molar-refractivity contribution in [1.82, 2.24) is 14.7 Å². The summed E-state index contributed by atoms with van der Waals surface area (Å²) in [5, 5.41) is 6.03. The second-order valence-electron chi connectivity index (χ2n) is 7.25. The van der Waals surface area contributed by atoms with Crippen molar-refractivity contribution in [2.45, 2.75) is 24.6 Å².